The molecule has 4 rings (SSSR count). The first-order chi connectivity index (χ1) is 11.6. The summed E-state index contributed by atoms with van der Waals surface area (Å²) in [7, 11) is 3.78. The van der Waals surface area contributed by atoms with E-state index in [-0.39, 0.29) is 11.3 Å². The highest BCUT2D eigenvalue weighted by molar-refractivity contribution is 7.25. The van der Waals surface area contributed by atoms with Crippen LogP contribution in [0.4, 0.5) is 5.82 Å². The first kappa shape index (κ1) is 14.6. The van der Waals surface area contributed by atoms with Gasteiger partial charge in [0.25, 0.3) is 5.56 Å². The molecule has 0 saturated carbocycles. The largest absolute Gasteiger partial charge is 0.508 e. The summed E-state index contributed by atoms with van der Waals surface area (Å²) >= 11 is 1.31. The molecule has 0 aliphatic carbocycles. The van der Waals surface area contributed by atoms with Gasteiger partial charge in [-0.25, -0.2) is 15.0 Å². The predicted octanol–water partition coefficient (Wildman–Crippen LogP) is 2.16. The van der Waals surface area contributed by atoms with Gasteiger partial charge in [-0.2, -0.15) is 0 Å². The van der Waals surface area contributed by atoms with Gasteiger partial charge in [0, 0.05) is 14.1 Å². The molecule has 8 heteroatoms. The fourth-order valence-electron chi connectivity index (χ4n) is 2.59. The number of thiophene rings is 1. The van der Waals surface area contributed by atoms with E-state index in [0.717, 1.165) is 16.0 Å². The molecule has 24 heavy (non-hydrogen) atoms. The van der Waals surface area contributed by atoms with Crippen LogP contribution >= 0.6 is 11.3 Å². The van der Waals surface area contributed by atoms with Gasteiger partial charge >= 0.3 is 0 Å². The minimum atomic E-state index is -0.168. The Kier molecular flexibility index (Phi) is 3.20. The van der Waals surface area contributed by atoms with Gasteiger partial charge in [-0.3, -0.25) is 9.36 Å². The maximum Gasteiger partial charge on any atom is 0.275 e. The lowest BCUT2D eigenvalue weighted by molar-refractivity contribution is 0.475. The second-order valence-corrected chi connectivity index (χ2v) is 6.49. The van der Waals surface area contributed by atoms with E-state index in [2.05, 4.69) is 15.0 Å². The van der Waals surface area contributed by atoms with E-state index in [1.54, 1.807) is 12.1 Å². The lowest BCUT2D eigenvalue weighted by Gasteiger charge is -2.11. The van der Waals surface area contributed by atoms with Crippen LogP contribution in [-0.2, 0) is 0 Å². The highest BCUT2D eigenvalue weighted by Gasteiger charge is 2.17. The van der Waals surface area contributed by atoms with E-state index in [1.165, 1.54) is 40.7 Å². The summed E-state index contributed by atoms with van der Waals surface area (Å²) in [6, 6.07) is 6.41. The van der Waals surface area contributed by atoms with Crippen molar-refractivity contribution in [3.63, 3.8) is 0 Å². The molecular weight excluding hydrogens is 326 g/mol. The number of rotatable bonds is 2. The maximum absolute atomic E-state index is 12.9. The normalized spacial score (nSPS) is 11.2. The number of aromatic hydroxyl groups is 1. The molecule has 1 aromatic carbocycles. The van der Waals surface area contributed by atoms with Gasteiger partial charge in [0.15, 0.2) is 0 Å². The molecule has 0 unspecified atom stereocenters. The van der Waals surface area contributed by atoms with Crippen molar-refractivity contribution in [3.05, 3.63) is 47.3 Å². The molecule has 0 radical (unpaired) electrons. The van der Waals surface area contributed by atoms with Crippen LogP contribution in [0.3, 0.4) is 0 Å². The number of fused-ring (bicyclic) bond motifs is 3. The molecule has 4 aromatic rings. The Morgan fingerprint density at radius 3 is 2.58 bits per heavy atom. The molecule has 0 aliphatic heterocycles. The summed E-state index contributed by atoms with van der Waals surface area (Å²) < 4.78 is 1.99. The highest BCUT2D eigenvalue weighted by Crippen LogP contribution is 2.33. The van der Waals surface area contributed by atoms with Gasteiger partial charge in [0.2, 0.25) is 0 Å². The topological polar surface area (TPSA) is 84.1 Å². The van der Waals surface area contributed by atoms with Crippen LogP contribution in [0.5, 0.6) is 5.75 Å². The molecule has 120 valence electrons. The summed E-state index contributed by atoms with van der Waals surface area (Å²) in [6.45, 7) is 0. The monoisotopic (exact) mass is 339 g/mol. The van der Waals surface area contributed by atoms with Crippen LogP contribution in [-0.4, -0.2) is 38.7 Å². The third-order valence-electron chi connectivity index (χ3n) is 3.71. The van der Waals surface area contributed by atoms with Gasteiger partial charge in [-0.15, -0.1) is 11.3 Å². The van der Waals surface area contributed by atoms with Gasteiger partial charge in [-0.05, 0) is 24.3 Å². The third kappa shape index (κ3) is 2.11. The Morgan fingerprint density at radius 1 is 1.12 bits per heavy atom. The van der Waals surface area contributed by atoms with Crippen LogP contribution in [0.25, 0.3) is 26.1 Å². The summed E-state index contributed by atoms with van der Waals surface area (Å²) in [5.41, 5.74) is 1.08. The standard InChI is InChI=1S/C16H13N5O2S/c1-20(2)14-11-12-13(24-15(11)18-7-17-14)16(23)21(8-19-12)9-3-5-10(22)6-4-9/h3-8,22H,1-2H3. The van der Waals surface area contributed by atoms with Crippen molar-refractivity contribution in [1.82, 2.24) is 19.5 Å². The van der Waals surface area contributed by atoms with Gasteiger partial charge in [-0.1, -0.05) is 0 Å². The fourth-order valence-corrected chi connectivity index (χ4v) is 3.61. The Bertz CT molecular complexity index is 1120. The molecule has 0 saturated heterocycles. The van der Waals surface area contributed by atoms with Gasteiger partial charge in [0.1, 0.15) is 39.3 Å². The van der Waals surface area contributed by atoms with E-state index in [0.29, 0.717) is 15.9 Å². The number of phenols is 1. The smallest absolute Gasteiger partial charge is 0.275 e. The zero-order valence-electron chi connectivity index (χ0n) is 13.0. The SMILES string of the molecule is CN(C)c1ncnc2sc3c(=O)n(-c4ccc(O)cc4)cnc3c12. The van der Waals surface area contributed by atoms with E-state index in [9.17, 15) is 9.90 Å². The zero-order valence-corrected chi connectivity index (χ0v) is 13.8. The van der Waals surface area contributed by atoms with Crippen molar-refractivity contribution >= 4 is 37.6 Å². The van der Waals surface area contributed by atoms with Crippen molar-refractivity contribution in [2.24, 2.45) is 0 Å². The third-order valence-corrected chi connectivity index (χ3v) is 4.78. The number of nitrogens with zero attached hydrogens (tertiary/aromatic N) is 5. The zero-order chi connectivity index (χ0) is 16.8. The number of anilines is 1. The number of hydrogen-bond donors (Lipinski definition) is 1. The van der Waals surface area contributed by atoms with Crippen LogP contribution in [0.15, 0.2) is 41.7 Å². The van der Waals surface area contributed by atoms with E-state index in [1.807, 2.05) is 19.0 Å². The molecular formula is C16H13N5O2S. The maximum atomic E-state index is 12.9. The predicted molar refractivity (Wildman–Crippen MR) is 94.3 cm³/mol. The molecule has 0 aliphatic rings. The van der Waals surface area contributed by atoms with E-state index >= 15 is 0 Å². The first-order valence-electron chi connectivity index (χ1n) is 7.18. The molecule has 3 heterocycles. The summed E-state index contributed by atoms with van der Waals surface area (Å²) in [5, 5.41) is 10.2. The number of benzene rings is 1. The molecule has 0 bridgehead atoms. The van der Waals surface area contributed by atoms with Crippen LogP contribution in [0.1, 0.15) is 0 Å². The fraction of sp³-hybridized carbons (Fsp3) is 0.125. The average Bonchev–Trinajstić information content (AvgIpc) is 2.96. The molecule has 0 spiro atoms. The summed E-state index contributed by atoms with van der Waals surface area (Å²) in [5.74, 6) is 0.883. The van der Waals surface area contributed by atoms with Crippen molar-refractivity contribution < 1.29 is 5.11 Å². The summed E-state index contributed by atoms with van der Waals surface area (Å²) in [4.78, 5) is 28.5. The Hall–Kier alpha value is -3.00. The second kappa shape index (κ2) is 5.27. The Morgan fingerprint density at radius 2 is 1.88 bits per heavy atom. The number of hydrogen-bond acceptors (Lipinski definition) is 7. The molecule has 0 atom stereocenters. The molecule has 0 amide bonds. The van der Waals surface area contributed by atoms with Crippen molar-refractivity contribution in [3.8, 4) is 11.4 Å². The van der Waals surface area contributed by atoms with Crippen LogP contribution < -0.4 is 10.5 Å². The first-order valence-corrected chi connectivity index (χ1v) is 7.99. The van der Waals surface area contributed by atoms with Crippen molar-refractivity contribution in [2.75, 3.05) is 19.0 Å². The van der Waals surface area contributed by atoms with E-state index in [4.69, 9.17) is 0 Å². The number of aromatic nitrogens is 4. The minimum Gasteiger partial charge on any atom is -0.508 e. The average molecular weight is 339 g/mol. The van der Waals surface area contributed by atoms with Gasteiger partial charge < -0.3 is 10.0 Å². The van der Waals surface area contributed by atoms with Crippen LogP contribution in [0, 0.1) is 0 Å². The molecule has 1 N–H and O–H groups in total. The highest BCUT2D eigenvalue weighted by atomic mass is 32.1. The van der Waals surface area contributed by atoms with Crippen LogP contribution in [0.2, 0.25) is 0 Å². The second-order valence-electron chi connectivity index (χ2n) is 5.49. The quantitative estimate of drug-likeness (QED) is 0.602. The van der Waals surface area contributed by atoms with Crippen molar-refractivity contribution in [1.29, 1.82) is 0 Å². The Labute approximate surface area is 140 Å². The minimum absolute atomic E-state index is 0.147. The van der Waals surface area contributed by atoms with Crippen molar-refractivity contribution in [2.45, 2.75) is 0 Å². The summed E-state index contributed by atoms with van der Waals surface area (Å²) in [6.07, 6.45) is 2.99. The Balaban J connectivity index is 2.04. The molecule has 7 nitrogen and oxygen atoms in total. The number of phenolic OH excluding ortho intramolecular Hbond substituents is 1. The lowest BCUT2D eigenvalue weighted by Crippen LogP contribution is -2.17. The molecule has 0 fully saturated rings. The van der Waals surface area contributed by atoms with E-state index < -0.39 is 0 Å². The lowest BCUT2D eigenvalue weighted by atomic mass is 10.3. The van der Waals surface area contributed by atoms with Gasteiger partial charge in [0.05, 0.1) is 11.1 Å². The molecule has 3 aromatic heterocycles.